The number of aliphatic hydroxyl groups excluding tert-OH is 2. The summed E-state index contributed by atoms with van der Waals surface area (Å²) in [5, 5.41) is 20.7. The molecular weight excluding hydrogens is 491 g/mol. The number of nitrogens with zero attached hydrogens (tertiary/aromatic N) is 1. The van der Waals surface area contributed by atoms with Gasteiger partial charge < -0.3 is 15.1 Å². The molecule has 4 rings (SSSR count). The fourth-order valence-corrected chi connectivity index (χ4v) is 4.90. The Labute approximate surface area is 209 Å². The molecule has 0 atom stereocenters. The molecule has 5 nitrogen and oxygen atoms in total. The van der Waals surface area contributed by atoms with Crippen molar-refractivity contribution in [2.45, 2.75) is 22.9 Å². The minimum atomic E-state index is -5.08. The van der Waals surface area contributed by atoms with Gasteiger partial charge in [-0.1, -0.05) is 42.1 Å². The standard InChI is InChI=1S/C27H20F3NO4S/c1-2-31-19-10-8-17(22(33)14-21(32)16-6-4-3-5-7-16)12-24(19)36-25-13-18(9-11-20(25)31)23(34)15-26(35)27(28,29)30/h3-15,33-34H,2H2,1H3/b22-14+,23-15-. The van der Waals surface area contributed by atoms with Gasteiger partial charge in [0.05, 0.1) is 11.4 Å². The van der Waals surface area contributed by atoms with Crippen LogP contribution in [-0.4, -0.2) is 34.5 Å². The van der Waals surface area contributed by atoms with E-state index in [-0.39, 0.29) is 23.2 Å². The molecule has 184 valence electrons. The SMILES string of the molecule is CCN1c2ccc(/C(O)=C/C(=O)C(F)(F)F)cc2Sc2cc(/C(O)=C\C(=O)c3ccccc3)ccc21. The Morgan fingerprint density at radius 1 is 0.833 bits per heavy atom. The lowest BCUT2D eigenvalue weighted by molar-refractivity contribution is -0.165. The van der Waals surface area contributed by atoms with Gasteiger partial charge in [0, 0.05) is 45.2 Å². The number of anilines is 2. The monoisotopic (exact) mass is 511 g/mol. The van der Waals surface area contributed by atoms with Gasteiger partial charge in [-0.05, 0) is 43.3 Å². The van der Waals surface area contributed by atoms with Crippen LogP contribution >= 0.6 is 11.8 Å². The van der Waals surface area contributed by atoms with Crippen molar-refractivity contribution in [2.24, 2.45) is 0 Å². The topological polar surface area (TPSA) is 77.8 Å². The smallest absolute Gasteiger partial charge is 0.454 e. The normalized spacial score (nSPS) is 13.7. The van der Waals surface area contributed by atoms with E-state index in [9.17, 15) is 33.0 Å². The Hall–Kier alpha value is -3.98. The third-order valence-corrected chi connectivity index (χ3v) is 6.60. The van der Waals surface area contributed by atoms with Gasteiger partial charge in [-0.2, -0.15) is 13.2 Å². The third kappa shape index (κ3) is 5.16. The van der Waals surface area contributed by atoms with Crippen molar-refractivity contribution < 1.29 is 33.0 Å². The third-order valence-electron chi connectivity index (χ3n) is 5.50. The average Bonchev–Trinajstić information content (AvgIpc) is 2.86. The minimum Gasteiger partial charge on any atom is -0.507 e. The first-order chi connectivity index (χ1) is 17.1. The Morgan fingerprint density at radius 2 is 1.36 bits per heavy atom. The van der Waals surface area contributed by atoms with E-state index in [1.54, 1.807) is 48.5 Å². The molecule has 3 aromatic rings. The van der Waals surface area contributed by atoms with Crippen molar-refractivity contribution in [1.29, 1.82) is 0 Å². The molecular formula is C27H20F3NO4S. The van der Waals surface area contributed by atoms with Crippen LogP contribution in [0.15, 0.2) is 88.7 Å². The first-order valence-electron chi connectivity index (χ1n) is 10.8. The molecule has 36 heavy (non-hydrogen) atoms. The van der Waals surface area contributed by atoms with Gasteiger partial charge in [-0.15, -0.1) is 0 Å². The number of alkyl halides is 3. The van der Waals surface area contributed by atoms with E-state index in [1.165, 1.54) is 23.9 Å². The summed E-state index contributed by atoms with van der Waals surface area (Å²) in [6.45, 7) is 2.50. The highest BCUT2D eigenvalue weighted by Crippen LogP contribution is 2.49. The highest BCUT2D eigenvalue weighted by Gasteiger charge is 2.37. The maximum Gasteiger partial charge on any atom is 0.454 e. The van der Waals surface area contributed by atoms with Crippen molar-refractivity contribution in [3.05, 3.63) is 95.6 Å². The molecule has 0 amide bonds. The molecule has 1 aliphatic heterocycles. The summed E-state index contributed by atoms with van der Waals surface area (Å²) < 4.78 is 37.7. The van der Waals surface area contributed by atoms with E-state index < -0.39 is 17.7 Å². The quantitative estimate of drug-likeness (QED) is 0.208. The van der Waals surface area contributed by atoms with Crippen molar-refractivity contribution >= 4 is 46.2 Å². The summed E-state index contributed by atoms with van der Waals surface area (Å²) in [5.41, 5.74) is 2.54. The molecule has 2 N–H and O–H groups in total. The molecule has 0 aliphatic carbocycles. The van der Waals surface area contributed by atoms with Gasteiger partial charge in [0.25, 0.3) is 5.78 Å². The zero-order valence-electron chi connectivity index (χ0n) is 18.9. The Kier molecular flexibility index (Phi) is 6.94. The number of allylic oxidation sites excluding steroid dienone is 2. The second-order valence-corrected chi connectivity index (χ2v) is 8.95. The van der Waals surface area contributed by atoms with E-state index in [0.29, 0.717) is 22.6 Å². The van der Waals surface area contributed by atoms with Crippen LogP contribution in [-0.2, 0) is 4.79 Å². The lowest BCUT2D eigenvalue weighted by Gasteiger charge is -2.32. The zero-order valence-corrected chi connectivity index (χ0v) is 19.7. The van der Waals surface area contributed by atoms with Crippen LogP contribution in [0.1, 0.15) is 28.4 Å². The van der Waals surface area contributed by atoms with Gasteiger partial charge in [0.1, 0.15) is 11.5 Å². The van der Waals surface area contributed by atoms with Crippen LogP contribution in [0.5, 0.6) is 0 Å². The lowest BCUT2D eigenvalue weighted by Crippen LogP contribution is -2.21. The van der Waals surface area contributed by atoms with Crippen LogP contribution in [0.4, 0.5) is 24.5 Å². The Balaban J connectivity index is 1.66. The summed E-state index contributed by atoms with van der Waals surface area (Å²) in [5.74, 6) is -3.49. The van der Waals surface area contributed by atoms with Gasteiger partial charge in [-0.25, -0.2) is 0 Å². The number of hydrogen-bond donors (Lipinski definition) is 2. The van der Waals surface area contributed by atoms with Crippen LogP contribution in [0.3, 0.4) is 0 Å². The van der Waals surface area contributed by atoms with Gasteiger partial charge in [0.2, 0.25) is 0 Å². The van der Waals surface area contributed by atoms with Crippen LogP contribution in [0, 0.1) is 0 Å². The van der Waals surface area contributed by atoms with Crippen LogP contribution in [0.25, 0.3) is 11.5 Å². The summed E-state index contributed by atoms with van der Waals surface area (Å²) in [6, 6.07) is 18.4. The number of aliphatic hydroxyl groups is 2. The summed E-state index contributed by atoms with van der Waals surface area (Å²) >= 11 is 1.29. The van der Waals surface area contributed by atoms with E-state index in [4.69, 9.17) is 0 Å². The average molecular weight is 512 g/mol. The number of carbonyl (C=O) groups excluding carboxylic acids is 2. The van der Waals surface area contributed by atoms with Gasteiger partial charge in [0.15, 0.2) is 5.78 Å². The predicted molar refractivity (Wildman–Crippen MR) is 133 cm³/mol. The fraction of sp³-hybridized carbons (Fsp3) is 0.111. The van der Waals surface area contributed by atoms with E-state index in [2.05, 4.69) is 0 Å². The molecule has 0 saturated carbocycles. The molecule has 3 aromatic carbocycles. The summed E-state index contributed by atoms with van der Waals surface area (Å²) in [7, 11) is 0. The van der Waals surface area contributed by atoms with Crippen molar-refractivity contribution in [3.63, 3.8) is 0 Å². The predicted octanol–water partition coefficient (Wildman–Crippen LogP) is 7.12. The van der Waals surface area contributed by atoms with E-state index >= 15 is 0 Å². The van der Waals surface area contributed by atoms with Crippen molar-refractivity contribution in [2.75, 3.05) is 11.4 Å². The van der Waals surface area contributed by atoms with Gasteiger partial charge in [-0.3, -0.25) is 9.59 Å². The molecule has 0 fully saturated rings. The van der Waals surface area contributed by atoms with Crippen molar-refractivity contribution in [1.82, 2.24) is 0 Å². The van der Waals surface area contributed by atoms with E-state index in [1.807, 2.05) is 17.9 Å². The zero-order chi connectivity index (χ0) is 26.0. The number of fused-ring (bicyclic) bond motifs is 2. The number of benzene rings is 3. The molecule has 0 spiro atoms. The molecule has 0 bridgehead atoms. The molecule has 0 aromatic heterocycles. The highest BCUT2D eigenvalue weighted by atomic mass is 32.2. The molecule has 1 aliphatic rings. The highest BCUT2D eigenvalue weighted by molar-refractivity contribution is 7.99. The van der Waals surface area contributed by atoms with E-state index in [0.717, 1.165) is 22.3 Å². The lowest BCUT2D eigenvalue weighted by atomic mass is 10.1. The van der Waals surface area contributed by atoms with Crippen LogP contribution < -0.4 is 4.90 Å². The minimum absolute atomic E-state index is 0.0608. The summed E-state index contributed by atoms with van der Waals surface area (Å²) in [6.07, 6.45) is -3.77. The number of carbonyl (C=O) groups is 2. The number of hydrogen-bond acceptors (Lipinski definition) is 6. The number of rotatable bonds is 6. The largest absolute Gasteiger partial charge is 0.507 e. The molecule has 0 radical (unpaired) electrons. The maximum absolute atomic E-state index is 12.6. The molecule has 0 unspecified atom stereocenters. The Morgan fingerprint density at radius 3 is 1.86 bits per heavy atom. The number of halogens is 3. The van der Waals surface area contributed by atoms with Gasteiger partial charge >= 0.3 is 6.18 Å². The summed E-state index contributed by atoms with van der Waals surface area (Å²) in [4.78, 5) is 27.0. The van der Waals surface area contributed by atoms with Crippen molar-refractivity contribution in [3.8, 4) is 0 Å². The molecule has 1 heterocycles. The Bertz CT molecular complexity index is 1400. The second-order valence-electron chi connectivity index (χ2n) is 7.86. The maximum atomic E-state index is 12.6. The fourth-order valence-electron chi connectivity index (χ4n) is 3.73. The van der Waals surface area contributed by atoms with Crippen LogP contribution in [0.2, 0.25) is 0 Å². The second kappa shape index (κ2) is 9.94. The number of ketones is 2. The first-order valence-corrected chi connectivity index (χ1v) is 11.7. The molecule has 0 saturated heterocycles. The molecule has 9 heteroatoms. The first kappa shape index (κ1) is 25.1.